The third-order valence-corrected chi connectivity index (χ3v) is 10.2. The highest BCUT2D eigenvalue weighted by Gasteiger charge is 2.50. The van der Waals surface area contributed by atoms with Crippen LogP contribution in [0.15, 0.2) is 60.7 Å². The second kappa shape index (κ2) is 10.3. The largest absolute Gasteiger partial charge is 0.480 e. The van der Waals surface area contributed by atoms with Gasteiger partial charge in [0.2, 0.25) is 0 Å². The van der Waals surface area contributed by atoms with Crippen molar-refractivity contribution in [1.29, 1.82) is 0 Å². The summed E-state index contributed by atoms with van der Waals surface area (Å²) in [6.07, 6.45) is -0.630. The summed E-state index contributed by atoms with van der Waals surface area (Å²) in [5.74, 6) is -1.12. The quantitative estimate of drug-likeness (QED) is 0.587. The van der Waals surface area contributed by atoms with Gasteiger partial charge in [-0.25, -0.2) is 9.59 Å². The smallest absolute Gasteiger partial charge is 0.408 e. The molecule has 7 heteroatoms. The Morgan fingerprint density at radius 1 is 0.906 bits per heavy atom. The van der Waals surface area contributed by atoms with Crippen molar-refractivity contribution in [2.24, 2.45) is 0 Å². The molecule has 1 atom stereocenters. The van der Waals surface area contributed by atoms with Crippen molar-refractivity contribution in [2.75, 3.05) is 6.61 Å². The van der Waals surface area contributed by atoms with Crippen LogP contribution in [0.1, 0.15) is 48.0 Å². The fourth-order valence-electron chi connectivity index (χ4n) is 3.80. The molecule has 1 amide bonds. The lowest BCUT2D eigenvalue weighted by atomic mass is 10.2. The molecule has 0 aromatic heterocycles. The van der Waals surface area contributed by atoms with E-state index in [9.17, 15) is 14.7 Å². The summed E-state index contributed by atoms with van der Waals surface area (Å²) in [6.45, 7) is 11.9. The molecule has 0 unspecified atom stereocenters. The van der Waals surface area contributed by atoms with Crippen molar-refractivity contribution in [3.05, 3.63) is 60.7 Å². The van der Waals surface area contributed by atoms with Gasteiger partial charge in [0, 0.05) is 13.0 Å². The lowest BCUT2D eigenvalue weighted by Crippen LogP contribution is -2.66. The van der Waals surface area contributed by atoms with Crippen molar-refractivity contribution in [2.45, 2.75) is 64.6 Å². The average Bonchev–Trinajstić information content (AvgIpc) is 2.69. The van der Waals surface area contributed by atoms with E-state index < -0.39 is 32.0 Å². The Bertz CT molecular complexity index is 849. The summed E-state index contributed by atoms with van der Waals surface area (Å²) in [7, 11) is -2.77. The van der Waals surface area contributed by atoms with E-state index in [0.29, 0.717) is 0 Å². The summed E-state index contributed by atoms with van der Waals surface area (Å²) in [5, 5.41) is 14.1. The first-order valence-electron chi connectivity index (χ1n) is 10.8. The molecule has 0 saturated carbocycles. The highest BCUT2D eigenvalue weighted by atomic mass is 28.4. The van der Waals surface area contributed by atoms with Crippen LogP contribution in [0.3, 0.4) is 0 Å². The minimum absolute atomic E-state index is 0.124. The number of benzene rings is 2. The number of aliphatic carboxylic acids is 1. The summed E-state index contributed by atoms with van der Waals surface area (Å²) in [5.41, 5.74) is -0.710. The molecule has 0 fully saturated rings. The van der Waals surface area contributed by atoms with Gasteiger partial charge in [-0.15, -0.1) is 0 Å². The minimum Gasteiger partial charge on any atom is -0.480 e. The Balaban J connectivity index is 2.31. The molecule has 2 aromatic carbocycles. The Morgan fingerprint density at radius 2 is 1.38 bits per heavy atom. The van der Waals surface area contributed by atoms with E-state index in [2.05, 4.69) is 50.4 Å². The zero-order valence-electron chi connectivity index (χ0n) is 19.8. The average molecular weight is 458 g/mol. The molecule has 0 bridgehead atoms. The topological polar surface area (TPSA) is 84.9 Å². The zero-order chi connectivity index (χ0) is 24.0. The predicted molar refractivity (Wildman–Crippen MR) is 129 cm³/mol. The van der Waals surface area contributed by atoms with E-state index >= 15 is 0 Å². The van der Waals surface area contributed by atoms with E-state index in [-0.39, 0.29) is 18.1 Å². The maximum Gasteiger partial charge on any atom is 0.408 e. The number of hydrogen-bond acceptors (Lipinski definition) is 4. The van der Waals surface area contributed by atoms with Gasteiger partial charge in [-0.2, -0.15) is 0 Å². The van der Waals surface area contributed by atoms with Gasteiger partial charge < -0.3 is 19.6 Å². The number of carbonyl (C=O) groups excluding carboxylic acids is 1. The molecule has 0 saturated heterocycles. The number of amides is 1. The Morgan fingerprint density at radius 3 is 1.75 bits per heavy atom. The second-order valence-electron chi connectivity index (χ2n) is 9.84. The fourth-order valence-corrected chi connectivity index (χ4v) is 8.38. The van der Waals surface area contributed by atoms with Gasteiger partial charge in [-0.1, -0.05) is 81.4 Å². The van der Waals surface area contributed by atoms with E-state index in [4.69, 9.17) is 9.16 Å². The molecule has 0 spiro atoms. The van der Waals surface area contributed by atoms with Gasteiger partial charge in [0.15, 0.2) is 0 Å². The molecule has 0 aliphatic carbocycles. The van der Waals surface area contributed by atoms with Crippen LogP contribution in [0, 0.1) is 0 Å². The highest BCUT2D eigenvalue weighted by Crippen LogP contribution is 2.36. The number of rotatable bonds is 8. The van der Waals surface area contributed by atoms with E-state index in [1.807, 2.05) is 36.4 Å². The summed E-state index contributed by atoms with van der Waals surface area (Å²) in [4.78, 5) is 23.9. The van der Waals surface area contributed by atoms with Crippen LogP contribution in [0.25, 0.3) is 0 Å². The molecule has 174 valence electrons. The molecule has 2 N–H and O–H groups in total. The van der Waals surface area contributed by atoms with Crippen LogP contribution < -0.4 is 15.7 Å². The number of carboxylic acids is 1. The first kappa shape index (κ1) is 25.6. The van der Waals surface area contributed by atoms with E-state index in [1.165, 1.54) is 0 Å². The van der Waals surface area contributed by atoms with Crippen molar-refractivity contribution < 1.29 is 23.9 Å². The first-order valence-corrected chi connectivity index (χ1v) is 12.7. The van der Waals surface area contributed by atoms with Crippen LogP contribution in [-0.4, -0.2) is 43.7 Å². The zero-order valence-corrected chi connectivity index (χ0v) is 20.8. The van der Waals surface area contributed by atoms with Gasteiger partial charge in [-0.05, 0) is 36.2 Å². The number of ether oxygens (including phenoxy) is 1. The van der Waals surface area contributed by atoms with Gasteiger partial charge >= 0.3 is 12.1 Å². The van der Waals surface area contributed by atoms with E-state index in [0.717, 1.165) is 10.4 Å². The summed E-state index contributed by atoms with van der Waals surface area (Å²) < 4.78 is 11.9. The van der Waals surface area contributed by atoms with Crippen molar-refractivity contribution in [1.82, 2.24) is 5.32 Å². The van der Waals surface area contributed by atoms with Crippen LogP contribution >= 0.6 is 0 Å². The van der Waals surface area contributed by atoms with Crippen molar-refractivity contribution in [3.8, 4) is 0 Å². The minimum atomic E-state index is -2.77. The van der Waals surface area contributed by atoms with Crippen molar-refractivity contribution >= 4 is 30.8 Å². The fraction of sp³-hybridized carbons (Fsp3) is 0.440. The monoisotopic (exact) mass is 457 g/mol. The first-order chi connectivity index (χ1) is 14.9. The van der Waals surface area contributed by atoms with Gasteiger partial charge in [0.05, 0.1) is 0 Å². The Kier molecular flexibility index (Phi) is 8.26. The normalized spacial score (nSPS) is 13.3. The van der Waals surface area contributed by atoms with Crippen molar-refractivity contribution in [3.63, 3.8) is 0 Å². The molecular weight excluding hydrogens is 422 g/mol. The van der Waals surface area contributed by atoms with Gasteiger partial charge in [-0.3, -0.25) is 0 Å². The lowest BCUT2D eigenvalue weighted by Gasteiger charge is -2.43. The second-order valence-corrected chi connectivity index (χ2v) is 14.1. The molecule has 2 rings (SSSR count). The number of nitrogens with one attached hydrogen (secondary N) is 1. The predicted octanol–water partition coefficient (Wildman–Crippen LogP) is 3.93. The maximum atomic E-state index is 12.1. The number of hydrogen-bond donors (Lipinski definition) is 2. The van der Waals surface area contributed by atoms with Gasteiger partial charge in [0.1, 0.15) is 11.6 Å². The van der Waals surface area contributed by atoms with E-state index in [1.54, 1.807) is 20.8 Å². The van der Waals surface area contributed by atoms with Gasteiger partial charge in [0.25, 0.3) is 8.32 Å². The summed E-state index contributed by atoms with van der Waals surface area (Å²) >= 11 is 0. The van der Waals surface area contributed by atoms with Crippen LogP contribution in [0.5, 0.6) is 0 Å². The van der Waals surface area contributed by atoms with Crippen LogP contribution in [-0.2, 0) is 14.0 Å². The Labute approximate surface area is 192 Å². The van der Waals surface area contributed by atoms with Crippen LogP contribution in [0.4, 0.5) is 4.79 Å². The molecule has 6 nitrogen and oxygen atoms in total. The molecule has 0 radical (unpaired) electrons. The maximum absolute atomic E-state index is 12.1. The third kappa shape index (κ3) is 6.43. The number of alkyl carbamates (subject to hydrolysis) is 1. The third-order valence-electron chi connectivity index (χ3n) is 5.13. The lowest BCUT2D eigenvalue weighted by molar-refractivity contribution is -0.139. The molecule has 0 aliphatic heterocycles. The molecule has 0 heterocycles. The SMILES string of the molecule is CC(C)(C)OC(=O)N[C@H](CCO[Si](c1ccccc1)(c1ccccc1)C(C)(C)C)C(=O)O. The van der Waals surface area contributed by atoms with Crippen LogP contribution in [0.2, 0.25) is 5.04 Å². The molecule has 0 aliphatic rings. The Hall–Kier alpha value is -2.64. The standard InChI is InChI=1S/C25H35NO5Si/c1-24(2,3)31-23(29)26-21(22(27)28)17-18-30-32(25(4,5)6,19-13-9-7-10-14-19)20-15-11-8-12-16-20/h7-16,21H,17-18H2,1-6H3,(H,26,29)(H,27,28)/t21-/m1/s1. The molecule has 2 aromatic rings. The molecular formula is C25H35NO5Si. The molecule has 32 heavy (non-hydrogen) atoms. The summed E-state index contributed by atoms with van der Waals surface area (Å²) in [6, 6.07) is 19.2. The number of carboxylic acid groups (broad SMARTS) is 1. The number of carbonyl (C=O) groups is 2. The highest BCUT2D eigenvalue weighted by molar-refractivity contribution is 6.99.